The molecule has 3 rings (SSSR count). The Balaban J connectivity index is 1.64. The van der Waals surface area contributed by atoms with Crippen molar-refractivity contribution in [2.24, 2.45) is 4.99 Å². The van der Waals surface area contributed by atoms with Crippen molar-refractivity contribution < 1.29 is 19.1 Å². The average molecular weight is 468 g/mol. The Morgan fingerprint density at radius 1 is 0.800 bits per heavy atom. The van der Waals surface area contributed by atoms with Crippen LogP contribution < -0.4 is 0 Å². The van der Waals surface area contributed by atoms with Crippen LogP contribution in [0.2, 0.25) is 0 Å². The Bertz CT molecular complexity index is 1120. The average Bonchev–Trinajstić information content (AvgIpc) is 2.92. The molecule has 0 aromatic heterocycles. The van der Waals surface area contributed by atoms with Gasteiger partial charge in [0.2, 0.25) is 0 Å². The van der Waals surface area contributed by atoms with Crippen LogP contribution in [0.5, 0.6) is 0 Å². The van der Waals surface area contributed by atoms with E-state index in [0.717, 1.165) is 23.3 Å². The van der Waals surface area contributed by atoms with E-state index in [0.29, 0.717) is 25.0 Å². The molecule has 35 heavy (non-hydrogen) atoms. The highest BCUT2D eigenvalue weighted by molar-refractivity contribution is 6.13. The molecule has 0 fully saturated rings. The summed E-state index contributed by atoms with van der Waals surface area (Å²) in [6.45, 7) is 0.339. The predicted octanol–water partition coefficient (Wildman–Crippen LogP) is 5.49. The summed E-state index contributed by atoms with van der Waals surface area (Å²) in [4.78, 5) is 28.9. The number of unbranched alkanes of at least 4 members (excludes halogenated alkanes) is 2. The molecule has 0 radical (unpaired) electrons. The first kappa shape index (κ1) is 25.5. The van der Waals surface area contributed by atoms with Gasteiger partial charge in [0.15, 0.2) is 0 Å². The molecular weight excluding hydrogens is 438 g/mol. The molecule has 3 aromatic carbocycles. The van der Waals surface area contributed by atoms with Gasteiger partial charge in [-0.05, 0) is 25.0 Å². The molecular formula is C30H29NO4. The smallest absolute Gasteiger partial charge is 0.338 e. The number of rotatable bonds is 10. The summed E-state index contributed by atoms with van der Waals surface area (Å²) < 4.78 is 10.2. The molecule has 0 N–H and O–H groups in total. The van der Waals surface area contributed by atoms with Crippen molar-refractivity contribution in [1.82, 2.24) is 0 Å². The lowest BCUT2D eigenvalue weighted by Crippen LogP contribution is -2.15. The van der Waals surface area contributed by atoms with Gasteiger partial charge in [-0.25, -0.2) is 4.79 Å². The van der Waals surface area contributed by atoms with Gasteiger partial charge in [-0.15, -0.1) is 5.92 Å². The molecule has 5 heteroatoms. The van der Waals surface area contributed by atoms with E-state index in [2.05, 4.69) is 11.8 Å². The van der Waals surface area contributed by atoms with Crippen LogP contribution in [-0.2, 0) is 14.3 Å². The van der Waals surface area contributed by atoms with E-state index in [9.17, 15) is 9.59 Å². The van der Waals surface area contributed by atoms with Crippen LogP contribution in [0.1, 0.15) is 47.2 Å². The minimum absolute atomic E-state index is 0.0708. The van der Waals surface area contributed by atoms with Crippen LogP contribution in [0, 0.1) is 11.8 Å². The van der Waals surface area contributed by atoms with Crippen molar-refractivity contribution in [3.05, 3.63) is 108 Å². The van der Waals surface area contributed by atoms with E-state index in [1.165, 1.54) is 7.11 Å². The molecule has 178 valence electrons. The molecule has 0 bridgehead atoms. The normalized spacial score (nSPS) is 10.9. The maximum absolute atomic E-state index is 12.0. The summed E-state index contributed by atoms with van der Waals surface area (Å²) in [7, 11) is 1.36. The summed E-state index contributed by atoms with van der Waals surface area (Å²) in [6, 6.07) is 28.1. The van der Waals surface area contributed by atoms with Gasteiger partial charge in [-0.2, -0.15) is 0 Å². The van der Waals surface area contributed by atoms with Gasteiger partial charge in [0.1, 0.15) is 6.04 Å². The highest BCUT2D eigenvalue weighted by Crippen LogP contribution is 2.14. The second-order valence-electron chi connectivity index (χ2n) is 7.79. The van der Waals surface area contributed by atoms with Gasteiger partial charge in [0.05, 0.1) is 31.4 Å². The zero-order valence-electron chi connectivity index (χ0n) is 19.9. The number of hydrogen-bond donors (Lipinski definition) is 0. The zero-order chi connectivity index (χ0) is 24.7. The molecule has 0 aliphatic rings. The molecule has 0 aliphatic carbocycles. The second kappa shape index (κ2) is 14.2. The number of benzene rings is 3. The second-order valence-corrected chi connectivity index (χ2v) is 7.79. The monoisotopic (exact) mass is 467 g/mol. The number of carbonyl (C=O) groups is 2. The van der Waals surface area contributed by atoms with E-state index >= 15 is 0 Å². The van der Waals surface area contributed by atoms with Crippen molar-refractivity contribution in [2.45, 2.75) is 31.7 Å². The lowest BCUT2D eigenvalue weighted by Gasteiger charge is -2.11. The van der Waals surface area contributed by atoms with Gasteiger partial charge >= 0.3 is 11.9 Å². The third kappa shape index (κ3) is 8.60. The molecule has 0 amide bonds. The summed E-state index contributed by atoms with van der Waals surface area (Å²) in [5.74, 6) is 5.59. The van der Waals surface area contributed by atoms with Gasteiger partial charge in [0, 0.05) is 17.5 Å². The summed E-state index contributed by atoms with van der Waals surface area (Å²) in [5.41, 5.74) is 3.23. The molecule has 0 saturated heterocycles. The molecule has 1 unspecified atom stereocenters. The fourth-order valence-electron chi connectivity index (χ4n) is 3.36. The van der Waals surface area contributed by atoms with E-state index in [4.69, 9.17) is 14.5 Å². The third-order valence-corrected chi connectivity index (χ3v) is 5.17. The van der Waals surface area contributed by atoms with Crippen LogP contribution >= 0.6 is 0 Å². The molecule has 0 heterocycles. The highest BCUT2D eigenvalue weighted by atomic mass is 16.5. The SMILES string of the molecule is COC(=O)CC(C#CCCCCOC(=O)c1ccccc1)N=C(c1ccccc1)c1ccccc1. The van der Waals surface area contributed by atoms with E-state index in [1.807, 2.05) is 66.7 Å². The lowest BCUT2D eigenvalue weighted by atomic mass is 10.0. The minimum atomic E-state index is -0.534. The third-order valence-electron chi connectivity index (χ3n) is 5.17. The number of nitrogens with zero attached hydrogens (tertiary/aromatic N) is 1. The van der Waals surface area contributed by atoms with E-state index in [1.54, 1.807) is 24.3 Å². The summed E-state index contributed by atoms with van der Waals surface area (Å²) in [5, 5.41) is 0. The van der Waals surface area contributed by atoms with Crippen molar-refractivity contribution in [3.63, 3.8) is 0 Å². The van der Waals surface area contributed by atoms with Gasteiger partial charge < -0.3 is 9.47 Å². The Kier molecular flexibility index (Phi) is 10.3. The fraction of sp³-hybridized carbons (Fsp3) is 0.233. The van der Waals surface area contributed by atoms with Crippen molar-refractivity contribution in [2.75, 3.05) is 13.7 Å². The van der Waals surface area contributed by atoms with Gasteiger partial charge in [-0.1, -0.05) is 84.8 Å². The van der Waals surface area contributed by atoms with E-state index < -0.39 is 6.04 Å². The van der Waals surface area contributed by atoms with Gasteiger partial charge in [-0.3, -0.25) is 9.79 Å². The number of carbonyl (C=O) groups excluding carboxylic acids is 2. The Morgan fingerprint density at radius 2 is 1.34 bits per heavy atom. The fourth-order valence-corrected chi connectivity index (χ4v) is 3.36. The first-order chi connectivity index (χ1) is 17.2. The number of ether oxygens (including phenoxy) is 2. The number of hydrogen-bond acceptors (Lipinski definition) is 5. The lowest BCUT2D eigenvalue weighted by molar-refractivity contribution is -0.140. The Hall–Kier alpha value is -4.17. The van der Waals surface area contributed by atoms with Crippen LogP contribution in [-0.4, -0.2) is 37.4 Å². The molecule has 3 aromatic rings. The number of aliphatic imine (C=N–C) groups is 1. The first-order valence-corrected chi connectivity index (χ1v) is 11.6. The molecule has 0 aliphatic heterocycles. The largest absolute Gasteiger partial charge is 0.469 e. The van der Waals surface area contributed by atoms with Crippen LogP contribution in [0.15, 0.2) is 96.0 Å². The van der Waals surface area contributed by atoms with Crippen LogP contribution in [0.25, 0.3) is 0 Å². The molecule has 0 saturated carbocycles. The predicted molar refractivity (Wildman–Crippen MR) is 137 cm³/mol. The quantitative estimate of drug-likeness (QED) is 0.171. The molecule has 1 atom stereocenters. The maximum atomic E-state index is 12.0. The van der Waals surface area contributed by atoms with E-state index in [-0.39, 0.29) is 18.4 Å². The molecule has 0 spiro atoms. The summed E-state index contributed by atoms with van der Waals surface area (Å²) >= 11 is 0. The minimum Gasteiger partial charge on any atom is -0.469 e. The standard InChI is InChI=1S/C30H29NO4/c1-34-28(32)23-27(21-13-2-3-14-22-35-30(33)26-19-11-6-12-20-26)31-29(24-15-7-4-8-16-24)25-17-9-5-10-18-25/h4-12,15-20,27H,2-3,14,22-23H2,1H3. The zero-order valence-corrected chi connectivity index (χ0v) is 19.9. The number of methoxy groups -OCH3 is 1. The first-order valence-electron chi connectivity index (χ1n) is 11.6. The van der Waals surface area contributed by atoms with Crippen molar-refractivity contribution in [1.29, 1.82) is 0 Å². The number of esters is 2. The Labute approximate surface area is 206 Å². The highest BCUT2D eigenvalue weighted by Gasteiger charge is 2.14. The van der Waals surface area contributed by atoms with Crippen molar-refractivity contribution in [3.8, 4) is 11.8 Å². The van der Waals surface area contributed by atoms with Crippen LogP contribution in [0.4, 0.5) is 0 Å². The molecule has 5 nitrogen and oxygen atoms in total. The maximum Gasteiger partial charge on any atom is 0.338 e. The van der Waals surface area contributed by atoms with Crippen molar-refractivity contribution >= 4 is 17.7 Å². The van der Waals surface area contributed by atoms with Gasteiger partial charge in [0.25, 0.3) is 0 Å². The topological polar surface area (TPSA) is 65.0 Å². The Morgan fingerprint density at radius 3 is 1.89 bits per heavy atom. The summed E-state index contributed by atoms with van der Waals surface area (Å²) in [6.07, 6.45) is 2.16. The van der Waals surface area contributed by atoms with Crippen LogP contribution in [0.3, 0.4) is 0 Å².